The van der Waals surface area contributed by atoms with Gasteiger partial charge in [0.05, 0.1) is 12.5 Å². The van der Waals surface area contributed by atoms with Crippen molar-refractivity contribution in [2.45, 2.75) is 39.3 Å². The van der Waals surface area contributed by atoms with Gasteiger partial charge in [-0.2, -0.15) is 0 Å². The Balaban J connectivity index is 0.00000288. The van der Waals surface area contributed by atoms with Gasteiger partial charge in [-0.05, 0) is 27.2 Å². The highest BCUT2D eigenvalue weighted by atomic mass is 127. The predicted molar refractivity (Wildman–Crippen MR) is 104 cm³/mol. The van der Waals surface area contributed by atoms with Crippen LogP contribution in [0.15, 0.2) is 17.4 Å². The number of guanidine groups is 1. The molecule has 1 unspecified atom stereocenters. The second-order valence-corrected chi connectivity index (χ2v) is 6.82. The molecule has 2 heterocycles. The van der Waals surface area contributed by atoms with Crippen molar-refractivity contribution in [3.05, 3.63) is 18.2 Å². The van der Waals surface area contributed by atoms with E-state index in [2.05, 4.69) is 20.2 Å². The van der Waals surface area contributed by atoms with Gasteiger partial charge in [-0.25, -0.2) is 4.98 Å². The van der Waals surface area contributed by atoms with E-state index in [1.54, 1.807) is 13.2 Å². The van der Waals surface area contributed by atoms with Crippen LogP contribution in [0.25, 0.3) is 0 Å². The number of hydrogen-bond acceptors (Lipinski definition) is 4. The number of carbonyl (C=O) groups excluding carboxylic acids is 1. The smallest absolute Gasteiger partial charge is 0.311 e. The third-order valence-corrected chi connectivity index (χ3v) is 3.77. The standard InChI is InChI=1S/C16H27N5O2.HI/c1-16(2,3)23-14(22)12-6-8-21(11-12)15(17-4)19-10-13-18-7-9-20(13)5;/h7,9,12H,6,8,10-11H2,1-5H3,(H,17,19);1H. The lowest BCUT2D eigenvalue weighted by Gasteiger charge is -2.23. The Morgan fingerprint density at radius 2 is 2.21 bits per heavy atom. The van der Waals surface area contributed by atoms with E-state index in [0.717, 1.165) is 24.7 Å². The van der Waals surface area contributed by atoms with Gasteiger partial charge in [0.1, 0.15) is 11.4 Å². The third-order valence-electron chi connectivity index (χ3n) is 3.77. The third kappa shape index (κ3) is 5.64. The lowest BCUT2D eigenvalue weighted by molar-refractivity contribution is -0.159. The Bertz CT molecular complexity index is 579. The van der Waals surface area contributed by atoms with E-state index in [4.69, 9.17) is 4.74 Å². The minimum absolute atomic E-state index is 0. The molecule has 1 fully saturated rings. The maximum Gasteiger partial charge on any atom is 0.311 e. The summed E-state index contributed by atoms with van der Waals surface area (Å²) in [6.45, 7) is 7.71. The van der Waals surface area contributed by atoms with Crippen molar-refractivity contribution in [1.29, 1.82) is 0 Å². The molecule has 1 N–H and O–H groups in total. The maximum absolute atomic E-state index is 12.2. The fourth-order valence-electron chi connectivity index (χ4n) is 2.59. The molecule has 0 saturated carbocycles. The fourth-order valence-corrected chi connectivity index (χ4v) is 2.59. The molecule has 24 heavy (non-hydrogen) atoms. The molecule has 1 aliphatic heterocycles. The topological polar surface area (TPSA) is 71.8 Å². The number of imidazole rings is 1. The van der Waals surface area contributed by atoms with Crippen LogP contribution in [0, 0.1) is 5.92 Å². The molecule has 0 bridgehead atoms. The lowest BCUT2D eigenvalue weighted by Crippen LogP contribution is -2.40. The van der Waals surface area contributed by atoms with Gasteiger partial charge in [-0.3, -0.25) is 9.79 Å². The van der Waals surface area contributed by atoms with Crippen molar-refractivity contribution < 1.29 is 9.53 Å². The van der Waals surface area contributed by atoms with Crippen LogP contribution in [-0.4, -0.2) is 52.1 Å². The van der Waals surface area contributed by atoms with Crippen LogP contribution in [0.4, 0.5) is 0 Å². The average Bonchev–Trinajstić information content (AvgIpc) is 3.08. The Morgan fingerprint density at radius 1 is 1.50 bits per heavy atom. The van der Waals surface area contributed by atoms with Crippen LogP contribution < -0.4 is 5.32 Å². The van der Waals surface area contributed by atoms with Crippen LogP contribution >= 0.6 is 24.0 Å². The Hall–Kier alpha value is -1.32. The molecule has 1 aromatic rings. The average molecular weight is 449 g/mol. The number of esters is 1. The first-order valence-corrected chi connectivity index (χ1v) is 7.95. The first-order valence-electron chi connectivity index (χ1n) is 7.95. The van der Waals surface area contributed by atoms with E-state index in [0.29, 0.717) is 13.1 Å². The van der Waals surface area contributed by atoms with Crippen LogP contribution in [0.1, 0.15) is 33.0 Å². The van der Waals surface area contributed by atoms with Crippen molar-refractivity contribution in [3.63, 3.8) is 0 Å². The highest BCUT2D eigenvalue weighted by Gasteiger charge is 2.33. The van der Waals surface area contributed by atoms with E-state index in [1.165, 1.54) is 0 Å². The van der Waals surface area contributed by atoms with Gasteiger partial charge in [0, 0.05) is 39.6 Å². The summed E-state index contributed by atoms with van der Waals surface area (Å²) >= 11 is 0. The quantitative estimate of drug-likeness (QED) is 0.330. The molecule has 136 valence electrons. The number of halogens is 1. The molecule has 0 aliphatic carbocycles. The van der Waals surface area contributed by atoms with Crippen molar-refractivity contribution >= 4 is 35.9 Å². The number of likely N-dealkylation sites (tertiary alicyclic amines) is 1. The molecule has 2 rings (SSSR count). The predicted octanol–water partition coefficient (Wildman–Crippen LogP) is 1.78. The van der Waals surface area contributed by atoms with E-state index >= 15 is 0 Å². The maximum atomic E-state index is 12.2. The normalized spacial score (nSPS) is 18.3. The van der Waals surface area contributed by atoms with Gasteiger partial charge >= 0.3 is 5.97 Å². The number of aromatic nitrogens is 2. The number of aryl methyl sites for hydroxylation is 1. The minimum Gasteiger partial charge on any atom is -0.460 e. The summed E-state index contributed by atoms with van der Waals surface area (Å²) in [6, 6.07) is 0. The van der Waals surface area contributed by atoms with Gasteiger partial charge in [-0.1, -0.05) is 0 Å². The van der Waals surface area contributed by atoms with Gasteiger partial charge in [-0.15, -0.1) is 24.0 Å². The van der Waals surface area contributed by atoms with Gasteiger partial charge in [0.25, 0.3) is 0 Å². The van der Waals surface area contributed by atoms with Crippen molar-refractivity contribution in [2.75, 3.05) is 20.1 Å². The molecule has 8 heteroatoms. The molecule has 0 aromatic carbocycles. The Kier molecular flexibility index (Phi) is 7.50. The molecule has 0 amide bonds. The molecule has 1 atom stereocenters. The molecular formula is C16H28IN5O2. The summed E-state index contributed by atoms with van der Waals surface area (Å²) in [5, 5.41) is 3.30. The van der Waals surface area contributed by atoms with Crippen molar-refractivity contribution in [1.82, 2.24) is 19.8 Å². The highest BCUT2D eigenvalue weighted by Crippen LogP contribution is 2.20. The lowest BCUT2D eigenvalue weighted by atomic mass is 10.1. The van der Waals surface area contributed by atoms with Crippen LogP contribution in [0.3, 0.4) is 0 Å². The first kappa shape index (κ1) is 20.7. The summed E-state index contributed by atoms with van der Waals surface area (Å²) in [7, 11) is 3.71. The first-order chi connectivity index (χ1) is 10.8. The van der Waals surface area contributed by atoms with Crippen LogP contribution in [-0.2, 0) is 23.1 Å². The Labute approximate surface area is 160 Å². The minimum atomic E-state index is -0.442. The molecule has 7 nitrogen and oxygen atoms in total. The molecule has 1 saturated heterocycles. The summed E-state index contributed by atoms with van der Waals surface area (Å²) < 4.78 is 7.44. The second-order valence-electron chi connectivity index (χ2n) is 6.82. The number of carbonyl (C=O) groups is 1. The number of nitrogens with zero attached hydrogens (tertiary/aromatic N) is 4. The SMILES string of the molecule is CN=C(NCc1nccn1C)N1CCC(C(=O)OC(C)(C)C)C1.I. The summed E-state index contributed by atoms with van der Waals surface area (Å²) in [6.07, 6.45) is 4.47. The molecule has 1 aromatic heterocycles. The number of rotatable bonds is 3. The van der Waals surface area contributed by atoms with E-state index in [1.807, 2.05) is 38.6 Å². The summed E-state index contributed by atoms with van der Waals surface area (Å²) in [4.78, 5) is 22.9. The zero-order valence-electron chi connectivity index (χ0n) is 15.1. The summed E-state index contributed by atoms with van der Waals surface area (Å²) in [5.41, 5.74) is -0.442. The number of hydrogen-bond donors (Lipinski definition) is 1. The van der Waals surface area contributed by atoms with Crippen LogP contribution in [0.5, 0.6) is 0 Å². The highest BCUT2D eigenvalue weighted by molar-refractivity contribution is 14.0. The largest absolute Gasteiger partial charge is 0.460 e. The summed E-state index contributed by atoms with van der Waals surface area (Å²) in [5.74, 6) is 1.51. The fraction of sp³-hybridized carbons (Fsp3) is 0.688. The molecule has 0 radical (unpaired) electrons. The second kappa shape index (κ2) is 8.68. The zero-order chi connectivity index (χ0) is 17.0. The molecule has 1 aliphatic rings. The van der Waals surface area contributed by atoms with E-state index in [-0.39, 0.29) is 35.9 Å². The Morgan fingerprint density at radius 3 is 2.75 bits per heavy atom. The molecule has 0 spiro atoms. The van der Waals surface area contributed by atoms with E-state index in [9.17, 15) is 4.79 Å². The van der Waals surface area contributed by atoms with E-state index < -0.39 is 5.60 Å². The number of ether oxygens (including phenoxy) is 1. The monoisotopic (exact) mass is 449 g/mol. The zero-order valence-corrected chi connectivity index (χ0v) is 17.4. The number of aliphatic imine (C=N–C) groups is 1. The van der Waals surface area contributed by atoms with Gasteiger partial charge in [0.15, 0.2) is 5.96 Å². The number of nitrogens with one attached hydrogen (secondary N) is 1. The van der Waals surface area contributed by atoms with Gasteiger partial charge in [0.2, 0.25) is 0 Å². The van der Waals surface area contributed by atoms with Crippen molar-refractivity contribution in [2.24, 2.45) is 18.0 Å². The van der Waals surface area contributed by atoms with Gasteiger partial charge < -0.3 is 19.5 Å². The molecular weight excluding hydrogens is 421 g/mol. The van der Waals surface area contributed by atoms with Crippen molar-refractivity contribution in [3.8, 4) is 0 Å². The van der Waals surface area contributed by atoms with Crippen LogP contribution in [0.2, 0.25) is 0 Å².